The second-order valence-corrected chi connectivity index (χ2v) is 4.14. The van der Waals surface area contributed by atoms with E-state index in [-0.39, 0.29) is 11.6 Å². The minimum atomic E-state index is 0.0214. The summed E-state index contributed by atoms with van der Waals surface area (Å²) in [7, 11) is 0. The average molecular weight is 214 g/mol. The Labute approximate surface area is 84.5 Å². The predicted molar refractivity (Wildman–Crippen MR) is 56.7 cm³/mol. The van der Waals surface area contributed by atoms with Crippen LogP contribution in [0.3, 0.4) is 0 Å². The van der Waals surface area contributed by atoms with Gasteiger partial charge in [0.2, 0.25) is 0 Å². The van der Waals surface area contributed by atoms with Crippen LogP contribution in [0.5, 0.6) is 0 Å². The molecule has 2 rings (SSSR count). The molecule has 0 aliphatic heterocycles. The van der Waals surface area contributed by atoms with E-state index in [1.165, 1.54) is 11.5 Å². The Morgan fingerprint density at radius 2 is 2.31 bits per heavy atom. The number of benzene rings is 1. The van der Waals surface area contributed by atoms with Gasteiger partial charge in [-0.1, -0.05) is 23.7 Å². The molecule has 0 bridgehead atoms. The van der Waals surface area contributed by atoms with Crippen LogP contribution in [-0.2, 0) is 6.00 Å². The molecule has 1 heterocycles. The molecule has 68 valence electrons. The fourth-order valence-corrected chi connectivity index (χ4v) is 2.55. The summed E-state index contributed by atoms with van der Waals surface area (Å²) in [6.45, 7) is 1.94. The largest absolute Gasteiger partial charge is 0.269 e. The van der Waals surface area contributed by atoms with Crippen molar-refractivity contribution in [3.05, 3.63) is 34.1 Å². The van der Waals surface area contributed by atoms with Crippen LogP contribution in [0.4, 0.5) is 0 Å². The van der Waals surface area contributed by atoms with Crippen LogP contribution in [-0.4, -0.2) is 3.96 Å². The molecular weight excluding hydrogens is 206 g/mol. The topological polar surface area (TPSA) is 22.0 Å². The van der Waals surface area contributed by atoms with Gasteiger partial charge in [-0.15, -0.1) is 11.6 Å². The van der Waals surface area contributed by atoms with Crippen molar-refractivity contribution in [3.63, 3.8) is 0 Å². The molecule has 0 saturated carbocycles. The average Bonchev–Trinajstić information content (AvgIpc) is 2.44. The highest BCUT2D eigenvalue weighted by atomic mass is 35.5. The van der Waals surface area contributed by atoms with Crippen LogP contribution < -0.4 is 5.56 Å². The molecular formula is C9H8ClNOS. The van der Waals surface area contributed by atoms with Crippen LogP contribution >= 0.6 is 23.1 Å². The summed E-state index contributed by atoms with van der Waals surface area (Å²) < 4.78 is 2.56. The van der Waals surface area contributed by atoms with Gasteiger partial charge in [-0.25, -0.2) is 3.96 Å². The molecule has 1 aromatic carbocycles. The predicted octanol–water partition coefficient (Wildman–Crippen LogP) is 2.57. The van der Waals surface area contributed by atoms with Gasteiger partial charge < -0.3 is 0 Å². The fraction of sp³-hybridized carbons (Fsp3) is 0.222. The fourth-order valence-electron chi connectivity index (χ4n) is 1.35. The zero-order valence-corrected chi connectivity index (χ0v) is 8.65. The first-order valence-electron chi connectivity index (χ1n) is 3.89. The van der Waals surface area contributed by atoms with Crippen LogP contribution in [0.2, 0.25) is 0 Å². The normalized spacial score (nSPS) is 10.9. The van der Waals surface area contributed by atoms with E-state index in [1.807, 2.05) is 25.1 Å². The van der Waals surface area contributed by atoms with Gasteiger partial charge >= 0.3 is 0 Å². The van der Waals surface area contributed by atoms with Crippen molar-refractivity contribution < 1.29 is 0 Å². The standard InChI is InChI=1S/C9H8ClNOS/c1-6-3-2-4-7-8(6)9(12)11(5-10)13-7/h2-4H,5H2,1H3. The Hall–Kier alpha value is -0.800. The third kappa shape index (κ3) is 1.28. The lowest BCUT2D eigenvalue weighted by atomic mass is 10.2. The van der Waals surface area contributed by atoms with Crippen molar-refractivity contribution >= 4 is 33.2 Å². The zero-order chi connectivity index (χ0) is 9.42. The molecule has 0 aliphatic rings. The highest BCUT2D eigenvalue weighted by Gasteiger charge is 2.07. The van der Waals surface area contributed by atoms with Gasteiger partial charge in [-0.05, 0) is 18.6 Å². The maximum Gasteiger partial charge on any atom is 0.269 e. The van der Waals surface area contributed by atoms with Crippen molar-refractivity contribution in [2.24, 2.45) is 0 Å². The number of rotatable bonds is 1. The van der Waals surface area contributed by atoms with Gasteiger partial charge in [0.25, 0.3) is 5.56 Å². The Balaban J connectivity index is 2.93. The monoisotopic (exact) mass is 213 g/mol. The second kappa shape index (κ2) is 3.16. The van der Waals surface area contributed by atoms with Gasteiger partial charge in [-0.2, -0.15) is 0 Å². The number of fused-ring (bicyclic) bond motifs is 1. The molecule has 0 amide bonds. The molecule has 0 fully saturated rings. The second-order valence-electron chi connectivity index (χ2n) is 2.84. The van der Waals surface area contributed by atoms with E-state index in [9.17, 15) is 4.79 Å². The number of hydrogen-bond acceptors (Lipinski definition) is 2. The number of halogens is 1. The number of nitrogens with zero attached hydrogens (tertiary/aromatic N) is 1. The van der Waals surface area contributed by atoms with E-state index in [1.54, 1.807) is 3.96 Å². The highest BCUT2D eigenvalue weighted by molar-refractivity contribution is 7.14. The molecule has 2 aromatic rings. The summed E-state index contributed by atoms with van der Waals surface area (Å²) in [5.74, 6) is 0. The summed E-state index contributed by atoms with van der Waals surface area (Å²) in [5, 5.41) is 0.799. The lowest BCUT2D eigenvalue weighted by molar-refractivity contribution is 0.951. The summed E-state index contributed by atoms with van der Waals surface area (Å²) in [6.07, 6.45) is 0. The van der Waals surface area contributed by atoms with Crippen molar-refractivity contribution in [2.45, 2.75) is 12.9 Å². The SMILES string of the molecule is Cc1cccc2sn(CCl)c(=O)c12. The van der Waals surface area contributed by atoms with Crippen molar-refractivity contribution in [3.8, 4) is 0 Å². The molecule has 0 aliphatic carbocycles. The molecule has 2 nitrogen and oxygen atoms in total. The van der Waals surface area contributed by atoms with Crippen molar-refractivity contribution in [2.75, 3.05) is 0 Å². The lowest BCUT2D eigenvalue weighted by Crippen LogP contribution is -2.10. The minimum absolute atomic E-state index is 0.0214. The maximum absolute atomic E-state index is 11.7. The first-order valence-corrected chi connectivity index (χ1v) is 5.20. The number of alkyl halides is 1. The quantitative estimate of drug-likeness (QED) is 0.668. The molecule has 0 atom stereocenters. The first-order chi connectivity index (χ1) is 6.24. The Kier molecular flexibility index (Phi) is 2.14. The smallest absolute Gasteiger partial charge is 0.268 e. The van der Waals surface area contributed by atoms with E-state index in [0.717, 1.165) is 15.6 Å². The third-order valence-corrected chi connectivity index (χ3v) is 3.43. The van der Waals surface area contributed by atoms with Crippen LogP contribution in [0.1, 0.15) is 5.56 Å². The Morgan fingerprint density at radius 1 is 1.54 bits per heavy atom. The number of hydrogen-bond donors (Lipinski definition) is 0. The van der Waals surface area contributed by atoms with E-state index >= 15 is 0 Å². The Bertz CT molecular complexity index is 500. The summed E-state index contributed by atoms with van der Waals surface area (Å²) in [6, 6.07) is 6.07. The van der Waals surface area contributed by atoms with E-state index < -0.39 is 0 Å². The van der Waals surface area contributed by atoms with Gasteiger partial charge in [0.05, 0.1) is 10.1 Å². The van der Waals surface area contributed by atoms with Crippen molar-refractivity contribution in [1.82, 2.24) is 3.96 Å². The Morgan fingerprint density at radius 3 is 2.92 bits per heavy atom. The molecule has 0 N–H and O–H groups in total. The summed E-state index contributed by atoms with van der Waals surface area (Å²) in [5.41, 5.74) is 1.04. The van der Waals surface area contributed by atoms with E-state index in [4.69, 9.17) is 11.6 Å². The minimum Gasteiger partial charge on any atom is -0.268 e. The molecule has 1 aromatic heterocycles. The highest BCUT2D eigenvalue weighted by Crippen LogP contribution is 2.19. The molecule has 4 heteroatoms. The molecule has 0 radical (unpaired) electrons. The van der Waals surface area contributed by atoms with Crippen molar-refractivity contribution in [1.29, 1.82) is 0 Å². The summed E-state index contributed by atoms with van der Waals surface area (Å²) in [4.78, 5) is 11.7. The van der Waals surface area contributed by atoms with Crippen LogP contribution in [0, 0.1) is 6.92 Å². The van der Waals surface area contributed by atoms with Crippen LogP contribution in [0.15, 0.2) is 23.0 Å². The number of aromatic nitrogens is 1. The lowest BCUT2D eigenvalue weighted by Gasteiger charge is -1.90. The summed E-state index contributed by atoms with van der Waals surface area (Å²) >= 11 is 7.04. The molecule has 0 unspecified atom stereocenters. The molecule has 0 saturated heterocycles. The van der Waals surface area contributed by atoms with Gasteiger partial charge in [0.1, 0.15) is 6.00 Å². The van der Waals surface area contributed by atoms with Gasteiger partial charge in [0, 0.05) is 0 Å². The molecule has 0 spiro atoms. The van der Waals surface area contributed by atoms with E-state index in [0.29, 0.717) is 0 Å². The first kappa shape index (κ1) is 8.78. The maximum atomic E-state index is 11.7. The third-order valence-electron chi connectivity index (χ3n) is 1.99. The number of aryl methyl sites for hydroxylation is 1. The van der Waals surface area contributed by atoms with Crippen LogP contribution in [0.25, 0.3) is 10.1 Å². The molecule has 13 heavy (non-hydrogen) atoms. The van der Waals surface area contributed by atoms with Gasteiger partial charge in [-0.3, -0.25) is 4.79 Å². The van der Waals surface area contributed by atoms with E-state index in [2.05, 4.69) is 0 Å². The van der Waals surface area contributed by atoms with Gasteiger partial charge in [0.15, 0.2) is 0 Å². The zero-order valence-electron chi connectivity index (χ0n) is 7.08.